The van der Waals surface area contributed by atoms with Gasteiger partial charge < -0.3 is 15.1 Å². The summed E-state index contributed by atoms with van der Waals surface area (Å²) in [6.45, 7) is 4.32. The molecule has 3 aliphatic heterocycles. The molecular formula is C18H24ClN3O2. The maximum absolute atomic E-state index is 12.5. The van der Waals surface area contributed by atoms with Crippen LogP contribution in [-0.2, 0) is 16.0 Å². The molecule has 1 aromatic carbocycles. The molecule has 0 unspecified atom stereocenters. The van der Waals surface area contributed by atoms with Crippen LogP contribution in [0.25, 0.3) is 0 Å². The Kier molecular flexibility index (Phi) is 5.11. The molecule has 1 aromatic rings. The number of nitrogens with one attached hydrogen (secondary N) is 1. The molecule has 4 rings (SSSR count). The molecule has 0 bridgehead atoms. The van der Waals surface area contributed by atoms with Gasteiger partial charge in [-0.2, -0.15) is 0 Å². The number of para-hydroxylation sites is 1. The topological polar surface area (TPSA) is 52.7 Å². The lowest BCUT2D eigenvalue weighted by molar-refractivity contribution is -0.130. The average molecular weight is 350 g/mol. The summed E-state index contributed by atoms with van der Waals surface area (Å²) in [5.41, 5.74) is 2.19. The molecule has 0 radical (unpaired) electrons. The molecule has 2 amide bonds. The van der Waals surface area contributed by atoms with Crippen LogP contribution in [0.15, 0.2) is 24.3 Å². The maximum Gasteiger partial charge on any atom is 0.227 e. The molecular weight excluding hydrogens is 326 g/mol. The molecule has 24 heavy (non-hydrogen) atoms. The van der Waals surface area contributed by atoms with Crippen LogP contribution in [0.1, 0.15) is 18.4 Å². The molecule has 0 saturated carbocycles. The number of hydrogen-bond donors (Lipinski definition) is 1. The first-order valence-corrected chi connectivity index (χ1v) is 8.59. The summed E-state index contributed by atoms with van der Waals surface area (Å²) < 4.78 is 0. The summed E-state index contributed by atoms with van der Waals surface area (Å²) in [6.07, 6.45) is 1.78. The number of rotatable bonds is 3. The monoisotopic (exact) mass is 349 g/mol. The van der Waals surface area contributed by atoms with E-state index >= 15 is 0 Å². The van der Waals surface area contributed by atoms with Gasteiger partial charge in [0.05, 0.1) is 0 Å². The van der Waals surface area contributed by atoms with Gasteiger partial charge in [-0.3, -0.25) is 9.59 Å². The molecule has 3 aliphatic rings. The van der Waals surface area contributed by atoms with Crippen molar-refractivity contribution in [3.05, 3.63) is 29.8 Å². The van der Waals surface area contributed by atoms with Crippen LogP contribution in [-0.4, -0.2) is 49.4 Å². The Balaban J connectivity index is 0.00000169. The molecule has 3 heterocycles. The Morgan fingerprint density at radius 2 is 1.83 bits per heavy atom. The van der Waals surface area contributed by atoms with Crippen LogP contribution in [0.4, 0.5) is 5.69 Å². The SMILES string of the molecule is Cl.O=C(CCN1C(=O)CCc2ccccc21)N1C[C@H]2CNC[C@H]2C1. The highest BCUT2D eigenvalue weighted by molar-refractivity contribution is 5.97. The summed E-state index contributed by atoms with van der Waals surface area (Å²) in [7, 11) is 0. The number of nitrogens with zero attached hydrogens (tertiary/aromatic N) is 2. The quantitative estimate of drug-likeness (QED) is 0.898. The fraction of sp³-hybridized carbons (Fsp3) is 0.556. The number of halogens is 1. The highest BCUT2D eigenvalue weighted by atomic mass is 35.5. The van der Waals surface area contributed by atoms with Gasteiger partial charge in [-0.1, -0.05) is 18.2 Å². The lowest BCUT2D eigenvalue weighted by Crippen LogP contribution is -2.39. The van der Waals surface area contributed by atoms with E-state index in [1.165, 1.54) is 5.56 Å². The first kappa shape index (κ1) is 17.2. The number of likely N-dealkylation sites (tertiary alicyclic amines) is 1. The second-order valence-corrected chi connectivity index (χ2v) is 6.90. The van der Waals surface area contributed by atoms with Crippen molar-refractivity contribution in [3.63, 3.8) is 0 Å². The number of amides is 2. The second-order valence-electron chi connectivity index (χ2n) is 6.90. The normalized spacial score (nSPS) is 25.2. The van der Waals surface area contributed by atoms with Crippen molar-refractivity contribution in [1.29, 1.82) is 0 Å². The van der Waals surface area contributed by atoms with Gasteiger partial charge in [-0.25, -0.2) is 0 Å². The van der Waals surface area contributed by atoms with E-state index in [1.807, 2.05) is 23.1 Å². The van der Waals surface area contributed by atoms with Gasteiger partial charge in [0.1, 0.15) is 0 Å². The Hall–Kier alpha value is -1.59. The van der Waals surface area contributed by atoms with Crippen molar-refractivity contribution in [2.24, 2.45) is 11.8 Å². The molecule has 0 aliphatic carbocycles. The Labute approximate surface area is 148 Å². The third-order valence-electron chi connectivity index (χ3n) is 5.48. The fourth-order valence-electron chi connectivity index (χ4n) is 4.17. The fourth-order valence-corrected chi connectivity index (χ4v) is 4.17. The molecule has 1 N–H and O–H groups in total. The minimum absolute atomic E-state index is 0. The number of benzene rings is 1. The molecule has 0 aromatic heterocycles. The molecule has 2 saturated heterocycles. The van der Waals surface area contributed by atoms with Gasteiger partial charge in [-0.15, -0.1) is 12.4 Å². The summed E-state index contributed by atoms with van der Waals surface area (Å²) >= 11 is 0. The van der Waals surface area contributed by atoms with E-state index in [4.69, 9.17) is 0 Å². The van der Waals surface area contributed by atoms with E-state index in [0.29, 0.717) is 31.2 Å². The van der Waals surface area contributed by atoms with Crippen LogP contribution in [0.2, 0.25) is 0 Å². The smallest absolute Gasteiger partial charge is 0.227 e. The highest BCUT2D eigenvalue weighted by Crippen LogP contribution is 2.29. The lowest BCUT2D eigenvalue weighted by Gasteiger charge is -2.30. The summed E-state index contributed by atoms with van der Waals surface area (Å²) in [4.78, 5) is 28.5. The zero-order valence-electron chi connectivity index (χ0n) is 13.7. The summed E-state index contributed by atoms with van der Waals surface area (Å²) in [6, 6.07) is 8.03. The second kappa shape index (κ2) is 7.11. The number of aryl methyl sites for hydroxylation is 1. The van der Waals surface area contributed by atoms with Crippen LogP contribution >= 0.6 is 12.4 Å². The number of carbonyl (C=O) groups excluding carboxylic acids is 2. The van der Waals surface area contributed by atoms with Crippen molar-refractivity contribution >= 4 is 29.9 Å². The van der Waals surface area contributed by atoms with Crippen LogP contribution in [0, 0.1) is 11.8 Å². The van der Waals surface area contributed by atoms with Crippen molar-refractivity contribution < 1.29 is 9.59 Å². The zero-order chi connectivity index (χ0) is 15.8. The van der Waals surface area contributed by atoms with Crippen LogP contribution < -0.4 is 10.2 Å². The van der Waals surface area contributed by atoms with E-state index in [0.717, 1.165) is 38.3 Å². The number of carbonyl (C=O) groups is 2. The molecule has 0 spiro atoms. The van der Waals surface area contributed by atoms with Gasteiger partial charge in [0, 0.05) is 51.3 Å². The third kappa shape index (κ3) is 3.15. The average Bonchev–Trinajstić information content (AvgIpc) is 3.15. The third-order valence-corrected chi connectivity index (χ3v) is 5.48. The predicted molar refractivity (Wildman–Crippen MR) is 95.4 cm³/mol. The van der Waals surface area contributed by atoms with Crippen LogP contribution in [0.3, 0.4) is 0 Å². The van der Waals surface area contributed by atoms with E-state index in [-0.39, 0.29) is 24.2 Å². The number of hydrogen-bond acceptors (Lipinski definition) is 3. The van der Waals surface area contributed by atoms with Crippen molar-refractivity contribution in [2.45, 2.75) is 19.3 Å². The minimum atomic E-state index is 0. The Morgan fingerprint density at radius 1 is 1.12 bits per heavy atom. The Morgan fingerprint density at radius 3 is 2.58 bits per heavy atom. The van der Waals surface area contributed by atoms with Crippen LogP contribution in [0.5, 0.6) is 0 Å². The predicted octanol–water partition coefficient (Wildman–Crippen LogP) is 1.46. The van der Waals surface area contributed by atoms with Gasteiger partial charge in [0.25, 0.3) is 0 Å². The Bertz CT molecular complexity index is 624. The maximum atomic E-state index is 12.5. The number of anilines is 1. The van der Waals surface area contributed by atoms with Gasteiger partial charge in [-0.05, 0) is 29.9 Å². The van der Waals surface area contributed by atoms with E-state index in [2.05, 4.69) is 11.4 Å². The van der Waals surface area contributed by atoms with Crippen molar-refractivity contribution in [2.75, 3.05) is 37.6 Å². The standard InChI is InChI=1S/C18H23N3O2.ClH/c22-17(20-11-14-9-19-10-15(14)12-20)7-8-21-16-4-2-1-3-13(16)5-6-18(21)23;/h1-4,14-15,19H,5-12H2;1H/t14-,15+;. The first-order valence-electron chi connectivity index (χ1n) is 8.59. The summed E-state index contributed by atoms with van der Waals surface area (Å²) in [5, 5.41) is 3.39. The van der Waals surface area contributed by atoms with Crippen molar-refractivity contribution in [1.82, 2.24) is 10.2 Å². The first-order chi connectivity index (χ1) is 11.2. The molecule has 5 nitrogen and oxygen atoms in total. The minimum Gasteiger partial charge on any atom is -0.342 e. The van der Waals surface area contributed by atoms with E-state index in [9.17, 15) is 9.59 Å². The summed E-state index contributed by atoms with van der Waals surface area (Å²) in [5.74, 6) is 1.57. The molecule has 130 valence electrons. The highest BCUT2D eigenvalue weighted by Gasteiger charge is 2.38. The lowest BCUT2D eigenvalue weighted by atomic mass is 10.0. The largest absolute Gasteiger partial charge is 0.342 e. The van der Waals surface area contributed by atoms with Gasteiger partial charge in [0.2, 0.25) is 11.8 Å². The molecule has 2 fully saturated rings. The van der Waals surface area contributed by atoms with E-state index in [1.54, 1.807) is 4.90 Å². The van der Waals surface area contributed by atoms with E-state index < -0.39 is 0 Å². The number of fused-ring (bicyclic) bond motifs is 2. The molecule has 6 heteroatoms. The van der Waals surface area contributed by atoms with Crippen molar-refractivity contribution in [3.8, 4) is 0 Å². The van der Waals surface area contributed by atoms with Gasteiger partial charge >= 0.3 is 0 Å². The molecule has 2 atom stereocenters. The zero-order valence-corrected chi connectivity index (χ0v) is 14.6. The van der Waals surface area contributed by atoms with Gasteiger partial charge in [0.15, 0.2) is 0 Å².